The van der Waals surface area contributed by atoms with Crippen molar-refractivity contribution in [1.29, 1.82) is 0 Å². The number of benzene rings is 2. The molecule has 2 aromatic carbocycles. The average Bonchev–Trinajstić information content (AvgIpc) is 3.17. The predicted octanol–water partition coefficient (Wildman–Crippen LogP) is 4.84. The lowest BCUT2D eigenvalue weighted by molar-refractivity contribution is 0.0696. The lowest BCUT2D eigenvalue weighted by Gasteiger charge is -2.29. The van der Waals surface area contributed by atoms with E-state index in [1.54, 1.807) is 34.3 Å². The van der Waals surface area contributed by atoms with E-state index in [1.165, 1.54) is 18.3 Å². The van der Waals surface area contributed by atoms with Crippen LogP contribution < -0.4 is 11.0 Å². The molecule has 9 heteroatoms. The van der Waals surface area contributed by atoms with Crippen molar-refractivity contribution >= 4 is 34.5 Å². The first-order chi connectivity index (χ1) is 17.8. The van der Waals surface area contributed by atoms with Gasteiger partial charge in [-0.05, 0) is 74.9 Å². The number of aromatic nitrogens is 3. The van der Waals surface area contributed by atoms with Crippen molar-refractivity contribution in [2.75, 3.05) is 0 Å². The molecule has 8 nitrogen and oxygen atoms in total. The smallest absolute Gasteiger partial charge is 0.335 e. The standard InChI is InChI=1S/C28H27ClN4O4/c1-17-23(14-20(29)15-30-17)26(34)31-21-11-9-18(10-12-21)16-32-24-7-2-3-8-25(24)33(28(32)37)22-6-4-5-19(13-22)27(35)36/h2-8,13-15,18,21H,9-12,16H2,1H3,(H,31,34)(H,35,36)/t18-,21-. The molecule has 0 atom stereocenters. The number of aryl methyl sites for hydroxylation is 1. The first-order valence-corrected chi connectivity index (χ1v) is 12.7. The Kier molecular flexibility index (Phi) is 6.84. The van der Waals surface area contributed by atoms with Crippen LogP contribution in [-0.2, 0) is 6.54 Å². The highest BCUT2D eigenvalue weighted by Gasteiger charge is 2.26. The molecule has 0 saturated heterocycles. The van der Waals surface area contributed by atoms with Crippen molar-refractivity contribution in [3.8, 4) is 5.69 Å². The number of hydrogen-bond donors (Lipinski definition) is 2. The van der Waals surface area contributed by atoms with E-state index in [9.17, 15) is 19.5 Å². The monoisotopic (exact) mass is 518 g/mol. The number of amides is 1. The van der Waals surface area contributed by atoms with Crippen LogP contribution in [-0.4, -0.2) is 37.1 Å². The Bertz CT molecular complexity index is 1550. The summed E-state index contributed by atoms with van der Waals surface area (Å²) < 4.78 is 3.36. The van der Waals surface area contributed by atoms with E-state index >= 15 is 0 Å². The minimum Gasteiger partial charge on any atom is -0.478 e. The van der Waals surface area contributed by atoms with Gasteiger partial charge in [0.15, 0.2) is 0 Å². The number of carbonyl (C=O) groups excluding carboxylic acids is 1. The highest BCUT2D eigenvalue weighted by Crippen LogP contribution is 2.28. The molecule has 1 fully saturated rings. The Morgan fingerprint density at radius 3 is 2.51 bits per heavy atom. The van der Waals surface area contributed by atoms with Crippen LogP contribution in [0.3, 0.4) is 0 Å². The maximum atomic E-state index is 13.6. The highest BCUT2D eigenvalue weighted by atomic mass is 35.5. The summed E-state index contributed by atoms with van der Waals surface area (Å²) in [6.45, 7) is 2.34. The maximum Gasteiger partial charge on any atom is 0.335 e. The minimum atomic E-state index is -1.04. The van der Waals surface area contributed by atoms with Crippen molar-refractivity contribution in [3.63, 3.8) is 0 Å². The lowest BCUT2D eigenvalue weighted by atomic mass is 9.85. The molecule has 190 valence electrons. The van der Waals surface area contributed by atoms with Crippen LogP contribution in [0, 0.1) is 12.8 Å². The fraction of sp³-hybridized carbons (Fsp3) is 0.286. The molecule has 2 aromatic heterocycles. The van der Waals surface area contributed by atoms with Crippen molar-refractivity contribution in [2.24, 2.45) is 5.92 Å². The van der Waals surface area contributed by atoms with Gasteiger partial charge in [0, 0.05) is 18.8 Å². The van der Waals surface area contributed by atoms with E-state index in [0.29, 0.717) is 28.5 Å². The highest BCUT2D eigenvalue weighted by molar-refractivity contribution is 6.30. The third kappa shape index (κ3) is 5.02. The molecule has 0 aliphatic heterocycles. The van der Waals surface area contributed by atoms with Gasteiger partial charge in [0.05, 0.1) is 38.6 Å². The van der Waals surface area contributed by atoms with Crippen LogP contribution >= 0.6 is 11.6 Å². The number of para-hydroxylation sites is 2. The largest absolute Gasteiger partial charge is 0.478 e. The Labute approximate surface area is 218 Å². The van der Waals surface area contributed by atoms with E-state index in [0.717, 1.165) is 36.7 Å². The fourth-order valence-electron chi connectivity index (χ4n) is 5.16. The molecule has 2 heterocycles. The minimum absolute atomic E-state index is 0.0546. The molecule has 4 aromatic rings. The number of carbonyl (C=O) groups is 2. The maximum absolute atomic E-state index is 13.6. The Hall–Kier alpha value is -3.91. The van der Waals surface area contributed by atoms with Crippen LogP contribution in [0.5, 0.6) is 0 Å². The molecule has 5 rings (SSSR count). The van der Waals surface area contributed by atoms with Crippen LogP contribution in [0.2, 0.25) is 5.02 Å². The molecule has 0 spiro atoms. The van der Waals surface area contributed by atoms with Gasteiger partial charge in [0.1, 0.15) is 0 Å². The first kappa shape index (κ1) is 24.8. The molecule has 0 radical (unpaired) electrons. The zero-order chi connectivity index (χ0) is 26.1. The summed E-state index contributed by atoms with van der Waals surface area (Å²) >= 11 is 6.02. The predicted molar refractivity (Wildman–Crippen MR) is 142 cm³/mol. The SMILES string of the molecule is Cc1ncc(Cl)cc1C(=O)N[C@H]1CC[C@H](Cn2c(=O)n(-c3cccc(C(=O)O)c3)c3ccccc32)CC1. The van der Waals surface area contributed by atoms with E-state index < -0.39 is 5.97 Å². The zero-order valence-corrected chi connectivity index (χ0v) is 21.1. The summed E-state index contributed by atoms with van der Waals surface area (Å²) in [6.07, 6.45) is 4.91. The number of pyridine rings is 1. The summed E-state index contributed by atoms with van der Waals surface area (Å²) in [5.41, 5.74) is 3.14. The zero-order valence-electron chi connectivity index (χ0n) is 20.4. The quantitative estimate of drug-likeness (QED) is 0.380. The summed E-state index contributed by atoms with van der Waals surface area (Å²) in [5, 5.41) is 12.9. The van der Waals surface area contributed by atoms with E-state index in [1.807, 2.05) is 24.3 Å². The van der Waals surface area contributed by atoms with E-state index in [4.69, 9.17) is 11.6 Å². The third-order valence-electron chi connectivity index (χ3n) is 7.11. The molecule has 2 N–H and O–H groups in total. The van der Waals surface area contributed by atoms with Gasteiger partial charge in [-0.1, -0.05) is 29.8 Å². The normalized spacial score (nSPS) is 17.6. The fourth-order valence-corrected chi connectivity index (χ4v) is 5.32. The van der Waals surface area contributed by atoms with Crippen molar-refractivity contribution < 1.29 is 14.7 Å². The van der Waals surface area contributed by atoms with Gasteiger partial charge in [0.2, 0.25) is 0 Å². The van der Waals surface area contributed by atoms with Crippen LogP contribution in [0.4, 0.5) is 0 Å². The van der Waals surface area contributed by atoms with E-state index in [-0.39, 0.29) is 29.1 Å². The van der Waals surface area contributed by atoms with Crippen LogP contribution in [0.25, 0.3) is 16.7 Å². The van der Waals surface area contributed by atoms with Crippen LogP contribution in [0.1, 0.15) is 52.1 Å². The van der Waals surface area contributed by atoms with Gasteiger partial charge in [0.25, 0.3) is 5.91 Å². The summed E-state index contributed by atoms with van der Waals surface area (Å²) in [5.74, 6) is -0.923. The second-order valence-electron chi connectivity index (χ2n) is 9.55. The Balaban J connectivity index is 1.33. The molecular formula is C28H27ClN4O4. The lowest BCUT2D eigenvalue weighted by Crippen LogP contribution is -2.39. The summed E-state index contributed by atoms with van der Waals surface area (Å²) in [6, 6.07) is 15.7. The van der Waals surface area contributed by atoms with Gasteiger partial charge in [-0.15, -0.1) is 0 Å². The molecule has 0 unspecified atom stereocenters. The topological polar surface area (TPSA) is 106 Å². The number of rotatable bonds is 6. The summed E-state index contributed by atoms with van der Waals surface area (Å²) in [7, 11) is 0. The van der Waals surface area contributed by atoms with E-state index in [2.05, 4.69) is 10.3 Å². The van der Waals surface area contributed by atoms with Crippen LogP contribution in [0.15, 0.2) is 65.6 Å². The Morgan fingerprint density at radius 2 is 1.78 bits per heavy atom. The van der Waals surface area contributed by atoms with Crippen molar-refractivity contribution in [2.45, 2.75) is 45.2 Å². The molecule has 1 aliphatic rings. The van der Waals surface area contributed by atoms with Gasteiger partial charge < -0.3 is 10.4 Å². The molecule has 1 amide bonds. The number of imidazole rings is 1. The number of nitrogens with zero attached hydrogens (tertiary/aromatic N) is 3. The second-order valence-corrected chi connectivity index (χ2v) is 9.99. The number of halogens is 1. The molecule has 1 aliphatic carbocycles. The first-order valence-electron chi connectivity index (χ1n) is 12.3. The number of carboxylic acid groups (broad SMARTS) is 1. The molecule has 0 bridgehead atoms. The van der Waals surface area contributed by atoms with Gasteiger partial charge >= 0.3 is 11.7 Å². The van der Waals surface area contributed by atoms with Gasteiger partial charge in [-0.2, -0.15) is 0 Å². The molecule has 1 saturated carbocycles. The Morgan fingerprint density at radius 1 is 1.05 bits per heavy atom. The third-order valence-corrected chi connectivity index (χ3v) is 7.31. The molecule has 37 heavy (non-hydrogen) atoms. The van der Waals surface area contributed by atoms with Crippen molar-refractivity contribution in [1.82, 2.24) is 19.4 Å². The average molecular weight is 519 g/mol. The second kappa shape index (κ2) is 10.2. The molecular weight excluding hydrogens is 492 g/mol. The number of fused-ring (bicyclic) bond motifs is 1. The van der Waals surface area contributed by atoms with Gasteiger partial charge in [-0.3, -0.25) is 18.9 Å². The number of nitrogens with one attached hydrogen (secondary N) is 1. The number of hydrogen-bond acceptors (Lipinski definition) is 4. The number of aromatic carboxylic acids is 1. The van der Waals surface area contributed by atoms with Gasteiger partial charge in [-0.25, -0.2) is 9.59 Å². The number of carboxylic acids is 1. The van der Waals surface area contributed by atoms with Crippen molar-refractivity contribution in [3.05, 3.63) is 93.1 Å². The summed E-state index contributed by atoms with van der Waals surface area (Å²) in [4.78, 5) is 42.0.